The Kier molecular flexibility index (Phi) is 8.01. The molecule has 0 aliphatic rings. The zero-order chi connectivity index (χ0) is 15.6. The van der Waals surface area contributed by atoms with Crippen molar-refractivity contribution in [3.63, 3.8) is 0 Å². The van der Waals surface area contributed by atoms with Crippen molar-refractivity contribution in [1.82, 2.24) is 4.72 Å². The molecule has 0 amide bonds. The lowest BCUT2D eigenvalue weighted by Gasteiger charge is -2.07. The molecule has 6 heteroatoms. The number of nitrogens with one attached hydrogen (secondary N) is 1. The summed E-state index contributed by atoms with van der Waals surface area (Å²) in [5.41, 5.74) is 6.03. The average Bonchev–Trinajstić information content (AvgIpc) is 2.49. The van der Waals surface area contributed by atoms with E-state index in [1.54, 1.807) is 12.1 Å². The molecular formula is C15H22N2O3S. The fourth-order valence-corrected chi connectivity index (χ4v) is 2.66. The number of hydrogen-bond donors (Lipinski definition) is 2. The summed E-state index contributed by atoms with van der Waals surface area (Å²) in [6.45, 7) is 3.94. The highest BCUT2D eigenvalue weighted by molar-refractivity contribution is 7.89. The topological polar surface area (TPSA) is 81.4 Å². The Morgan fingerprint density at radius 1 is 1.24 bits per heavy atom. The number of hydrogen-bond acceptors (Lipinski definition) is 4. The summed E-state index contributed by atoms with van der Waals surface area (Å²) in [6, 6.07) is 6.41. The van der Waals surface area contributed by atoms with Gasteiger partial charge in [0.15, 0.2) is 0 Å². The van der Waals surface area contributed by atoms with Crippen molar-refractivity contribution in [3.8, 4) is 11.8 Å². The Hall–Kier alpha value is -1.39. The van der Waals surface area contributed by atoms with Crippen LogP contribution in [0.1, 0.15) is 25.3 Å². The normalized spacial score (nSPS) is 11.0. The number of benzene rings is 1. The second-order valence-corrected chi connectivity index (χ2v) is 6.16. The van der Waals surface area contributed by atoms with Crippen LogP contribution in [-0.4, -0.2) is 34.7 Å². The van der Waals surface area contributed by atoms with Gasteiger partial charge in [0.05, 0.1) is 11.4 Å². The SMILES string of the molecule is CCCOCCCNS(=O)(=O)c1ccc(C#CCN)cc1. The van der Waals surface area contributed by atoms with Crippen LogP contribution in [0.3, 0.4) is 0 Å². The molecule has 5 nitrogen and oxygen atoms in total. The van der Waals surface area contributed by atoms with Crippen LogP contribution >= 0.6 is 0 Å². The van der Waals surface area contributed by atoms with Crippen molar-refractivity contribution < 1.29 is 13.2 Å². The first-order valence-electron chi connectivity index (χ1n) is 6.96. The zero-order valence-corrected chi connectivity index (χ0v) is 13.1. The van der Waals surface area contributed by atoms with Gasteiger partial charge in [0, 0.05) is 25.3 Å². The molecule has 0 aliphatic heterocycles. The number of ether oxygens (including phenoxy) is 1. The Balaban J connectivity index is 2.50. The highest BCUT2D eigenvalue weighted by Crippen LogP contribution is 2.09. The summed E-state index contributed by atoms with van der Waals surface area (Å²) in [7, 11) is -3.47. The van der Waals surface area contributed by atoms with Crippen LogP contribution in [0, 0.1) is 11.8 Å². The molecule has 0 fully saturated rings. The second kappa shape index (κ2) is 9.53. The molecule has 0 atom stereocenters. The molecular weight excluding hydrogens is 288 g/mol. The second-order valence-electron chi connectivity index (χ2n) is 4.39. The summed E-state index contributed by atoms with van der Waals surface area (Å²) in [5, 5.41) is 0. The fourth-order valence-electron chi connectivity index (χ4n) is 1.58. The van der Waals surface area contributed by atoms with Gasteiger partial charge in [0.1, 0.15) is 0 Å². The van der Waals surface area contributed by atoms with E-state index >= 15 is 0 Å². The lowest BCUT2D eigenvalue weighted by molar-refractivity contribution is 0.133. The Bertz CT molecular complexity index is 571. The minimum Gasteiger partial charge on any atom is -0.381 e. The van der Waals surface area contributed by atoms with E-state index in [1.807, 2.05) is 6.92 Å². The molecule has 0 aliphatic carbocycles. The highest BCUT2D eigenvalue weighted by atomic mass is 32.2. The summed E-state index contributed by atoms with van der Waals surface area (Å²) in [4.78, 5) is 0.232. The largest absolute Gasteiger partial charge is 0.381 e. The predicted molar refractivity (Wildman–Crippen MR) is 83.3 cm³/mol. The van der Waals surface area contributed by atoms with Crippen molar-refractivity contribution in [3.05, 3.63) is 29.8 Å². The minimum atomic E-state index is -3.47. The van der Waals surface area contributed by atoms with Crippen LogP contribution in [0.15, 0.2) is 29.2 Å². The molecule has 116 valence electrons. The van der Waals surface area contributed by atoms with E-state index in [-0.39, 0.29) is 11.4 Å². The molecule has 0 saturated carbocycles. The molecule has 0 spiro atoms. The number of sulfonamides is 1. The van der Waals surface area contributed by atoms with E-state index in [0.29, 0.717) is 26.2 Å². The average molecular weight is 310 g/mol. The van der Waals surface area contributed by atoms with Crippen LogP contribution in [0.2, 0.25) is 0 Å². The summed E-state index contributed by atoms with van der Waals surface area (Å²) >= 11 is 0. The van der Waals surface area contributed by atoms with Crippen LogP contribution in [0.5, 0.6) is 0 Å². The van der Waals surface area contributed by atoms with E-state index in [4.69, 9.17) is 10.5 Å². The van der Waals surface area contributed by atoms with Gasteiger partial charge in [0.25, 0.3) is 0 Å². The number of rotatable bonds is 8. The maximum atomic E-state index is 12.0. The van der Waals surface area contributed by atoms with Crippen molar-refractivity contribution in [2.24, 2.45) is 5.73 Å². The van der Waals surface area contributed by atoms with Gasteiger partial charge in [-0.1, -0.05) is 18.8 Å². The quantitative estimate of drug-likeness (QED) is 0.556. The van der Waals surface area contributed by atoms with Crippen molar-refractivity contribution in [2.45, 2.75) is 24.7 Å². The third kappa shape index (κ3) is 6.74. The van der Waals surface area contributed by atoms with Gasteiger partial charge >= 0.3 is 0 Å². The molecule has 1 aromatic carbocycles. The van der Waals surface area contributed by atoms with E-state index in [9.17, 15) is 8.42 Å². The highest BCUT2D eigenvalue weighted by Gasteiger charge is 2.12. The van der Waals surface area contributed by atoms with Crippen molar-refractivity contribution in [2.75, 3.05) is 26.3 Å². The third-order valence-electron chi connectivity index (χ3n) is 2.61. The molecule has 0 bridgehead atoms. The van der Waals surface area contributed by atoms with Gasteiger partial charge in [-0.3, -0.25) is 0 Å². The first-order valence-corrected chi connectivity index (χ1v) is 8.45. The van der Waals surface area contributed by atoms with Gasteiger partial charge in [-0.25, -0.2) is 13.1 Å². The van der Waals surface area contributed by atoms with Crippen LogP contribution in [0.4, 0.5) is 0 Å². The minimum absolute atomic E-state index is 0.232. The Morgan fingerprint density at radius 2 is 1.95 bits per heavy atom. The molecule has 1 rings (SSSR count). The smallest absolute Gasteiger partial charge is 0.240 e. The predicted octanol–water partition coefficient (Wildman–Crippen LogP) is 1.09. The molecule has 0 unspecified atom stereocenters. The maximum absolute atomic E-state index is 12.0. The number of nitrogens with two attached hydrogens (primary N) is 1. The maximum Gasteiger partial charge on any atom is 0.240 e. The fraction of sp³-hybridized carbons (Fsp3) is 0.467. The molecule has 0 radical (unpaired) electrons. The molecule has 1 aromatic rings. The Morgan fingerprint density at radius 3 is 2.57 bits per heavy atom. The van der Waals surface area contributed by atoms with Crippen molar-refractivity contribution in [1.29, 1.82) is 0 Å². The van der Waals surface area contributed by atoms with E-state index < -0.39 is 10.0 Å². The first kappa shape index (κ1) is 17.7. The van der Waals surface area contributed by atoms with E-state index in [2.05, 4.69) is 16.6 Å². The van der Waals surface area contributed by atoms with Crippen LogP contribution < -0.4 is 10.5 Å². The molecule has 3 N–H and O–H groups in total. The van der Waals surface area contributed by atoms with E-state index in [1.165, 1.54) is 12.1 Å². The third-order valence-corrected chi connectivity index (χ3v) is 4.08. The van der Waals surface area contributed by atoms with Crippen LogP contribution in [-0.2, 0) is 14.8 Å². The molecule has 21 heavy (non-hydrogen) atoms. The molecule has 0 saturated heterocycles. The lowest BCUT2D eigenvalue weighted by atomic mass is 10.2. The summed E-state index contributed by atoms with van der Waals surface area (Å²) in [5.74, 6) is 5.57. The molecule has 0 aromatic heterocycles. The van der Waals surface area contributed by atoms with Crippen molar-refractivity contribution >= 4 is 10.0 Å². The van der Waals surface area contributed by atoms with E-state index in [0.717, 1.165) is 12.0 Å². The molecule has 0 heterocycles. The van der Waals surface area contributed by atoms with Gasteiger partial charge in [-0.15, -0.1) is 0 Å². The standard InChI is InChI=1S/C15H22N2O3S/c1-2-12-20-13-4-11-17-21(18,19)15-8-6-14(7-9-15)5-3-10-16/h6-9,17H,2,4,10-13,16H2,1H3. The zero-order valence-electron chi connectivity index (χ0n) is 12.3. The van der Waals surface area contributed by atoms with Gasteiger partial charge < -0.3 is 10.5 Å². The van der Waals surface area contributed by atoms with Gasteiger partial charge in [-0.2, -0.15) is 0 Å². The van der Waals surface area contributed by atoms with Gasteiger partial charge in [0.2, 0.25) is 10.0 Å². The monoisotopic (exact) mass is 310 g/mol. The summed E-state index contributed by atoms with van der Waals surface area (Å²) < 4.78 is 31.9. The van der Waals surface area contributed by atoms with Gasteiger partial charge in [-0.05, 0) is 37.1 Å². The van der Waals surface area contributed by atoms with Crippen LogP contribution in [0.25, 0.3) is 0 Å². The summed E-state index contributed by atoms with van der Waals surface area (Å²) in [6.07, 6.45) is 1.62. The Labute approximate surface area is 126 Å². The first-order chi connectivity index (χ1) is 10.1. The lowest BCUT2D eigenvalue weighted by Crippen LogP contribution is -2.25.